The highest BCUT2D eigenvalue weighted by Crippen LogP contribution is 2.35. The summed E-state index contributed by atoms with van der Waals surface area (Å²) in [4.78, 5) is 0. The average molecular weight is 153 g/mol. The summed E-state index contributed by atoms with van der Waals surface area (Å²) in [7, 11) is 0. The Morgan fingerprint density at radius 1 is 1.09 bits per heavy atom. The van der Waals surface area contributed by atoms with Crippen LogP contribution in [0.2, 0.25) is 0 Å². The number of hydrogen-bond donors (Lipinski definition) is 1. The van der Waals surface area contributed by atoms with Crippen LogP contribution in [0.15, 0.2) is 11.3 Å². The molecule has 1 heteroatoms. The molecule has 1 rings (SSSR count). The van der Waals surface area contributed by atoms with E-state index in [0.29, 0.717) is 5.41 Å². The van der Waals surface area contributed by atoms with Crippen LogP contribution in [0.1, 0.15) is 46.5 Å². The molecule has 11 heavy (non-hydrogen) atoms. The van der Waals surface area contributed by atoms with Crippen LogP contribution in [-0.4, -0.2) is 0 Å². The van der Waals surface area contributed by atoms with Crippen molar-refractivity contribution in [1.29, 1.82) is 0 Å². The molecule has 0 radical (unpaired) electrons. The summed E-state index contributed by atoms with van der Waals surface area (Å²) >= 11 is 0. The van der Waals surface area contributed by atoms with E-state index in [0.717, 1.165) is 12.1 Å². The van der Waals surface area contributed by atoms with E-state index in [1.54, 1.807) is 0 Å². The fourth-order valence-corrected chi connectivity index (χ4v) is 1.79. The molecule has 0 saturated carbocycles. The Balaban J connectivity index is 2.83. The Morgan fingerprint density at radius 3 is 2.00 bits per heavy atom. The quantitative estimate of drug-likeness (QED) is 0.569. The van der Waals surface area contributed by atoms with E-state index in [9.17, 15) is 0 Å². The number of allylic oxidation sites excluding steroid dienone is 2. The molecule has 0 bridgehead atoms. The molecule has 0 unspecified atom stereocenters. The second-order valence-electron chi connectivity index (χ2n) is 4.46. The molecule has 0 aliphatic heterocycles. The molecule has 0 spiro atoms. The summed E-state index contributed by atoms with van der Waals surface area (Å²) in [6.07, 6.45) is 4.95. The van der Waals surface area contributed by atoms with Gasteiger partial charge in [0.25, 0.3) is 0 Å². The minimum absolute atomic E-state index is 0.296. The zero-order chi connectivity index (χ0) is 8.48. The van der Waals surface area contributed by atoms with Crippen LogP contribution in [0, 0.1) is 5.41 Å². The smallest absolute Gasteiger partial charge is 0.00777 e. The van der Waals surface area contributed by atoms with Gasteiger partial charge in [-0.25, -0.2) is 0 Å². The number of nitrogens with two attached hydrogens (primary N) is 1. The maximum atomic E-state index is 5.94. The Labute approximate surface area is 69.7 Å². The topological polar surface area (TPSA) is 26.0 Å². The van der Waals surface area contributed by atoms with E-state index in [1.165, 1.54) is 24.8 Å². The Hall–Kier alpha value is -0.460. The van der Waals surface area contributed by atoms with Gasteiger partial charge in [0.2, 0.25) is 0 Å². The van der Waals surface area contributed by atoms with Crippen LogP contribution in [0.4, 0.5) is 0 Å². The lowest BCUT2D eigenvalue weighted by atomic mass is 9.79. The van der Waals surface area contributed by atoms with Gasteiger partial charge >= 0.3 is 0 Å². The summed E-state index contributed by atoms with van der Waals surface area (Å²) in [5.41, 5.74) is 8.89. The SMILES string of the molecule is CC(C)(C)C1=C(N)CCCC1. The maximum Gasteiger partial charge on any atom is 0.00777 e. The van der Waals surface area contributed by atoms with Gasteiger partial charge in [-0.3, -0.25) is 0 Å². The first kappa shape index (κ1) is 8.63. The van der Waals surface area contributed by atoms with Gasteiger partial charge in [0, 0.05) is 5.70 Å². The minimum Gasteiger partial charge on any atom is -0.402 e. The van der Waals surface area contributed by atoms with Gasteiger partial charge in [-0.1, -0.05) is 20.8 Å². The average Bonchev–Trinajstić information content (AvgIpc) is 1.86. The van der Waals surface area contributed by atoms with E-state index < -0.39 is 0 Å². The van der Waals surface area contributed by atoms with Crippen molar-refractivity contribution in [2.75, 3.05) is 0 Å². The minimum atomic E-state index is 0.296. The second kappa shape index (κ2) is 2.88. The molecule has 0 aromatic carbocycles. The molecule has 1 nitrogen and oxygen atoms in total. The third-order valence-electron chi connectivity index (χ3n) is 2.42. The maximum absolute atomic E-state index is 5.94. The first-order chi connectivity index (χ1) is 5.02. The van der Waals surface area contributed by atoms with Crippen LogP contribution in [0.25, 0.3) is 0 Å². The molecular weight excluding hydrogens is 134 g/mol. The predicted octanol–water partition coefficient (Wildman–Crippen LogP) is 2.82. The Morgan fingerprint density at radius 2 is 1.64 bits per heavy atom. The summed E-state index contributed by atoms with van der Waals surface area (Å²) in [6, 6.07) is 0. The molecule has 0 aromatic rings. The van der Waals surface area contributed by atoms with Crippen molar-refractivity contribution in [1.82, 2.24) is 0 Å². The summed E-state index contributed by atoms with van der Waals surface area (Å²) in [5.74, 6) is 0. The van der Waals surface area contributed by atoms with Crippen molar-refractivity contribution in [3.8, 4) is 0 Å². The highest BCUT2D eigenvalue weighted by molar-refractivity contribution is 5.19. The molecule has 0 saturated heterocycles. The summed E-state index contributed by atoms with van der Waals surface area (Å²) < 4.78 is 0. The molecule has 2 N–H and O–H groups in total. The van der Waals surface area contributed by atoms with Crippen molar-refractivity contribution < 1.29 is 0 Å². The normalized spacial score (nSPS) is 20.6. The van der Waals surface area contributed by atoms with Gasteiger partial charge < -0.3 is 5.73 Å². The Kier molecular flexibility index (Phi) is 2.26. The zero-order valence-corrected chi connectivity index (χ0v) is 7.91. The standard InChI is InChI=1S/C10H19N/c1-10(2,3)8-6-4-5-7-9(8)11/h4-7,11H2,1-3H3. The first-order valence-corrected chi connectivity index (χ1v) is 4.50. The highest BCUT2D eigenvalue weighted by atomic mass is 14.6. The van der Waals surface area contributed by atoms with Crippen LogP contribution in [-0.2, 0) is 0 Å². The van der Waals surface area contributed by atoms with Crippen molar-refractivity contribution in [2.24, 2.45) is 11.1 Å². The van der Waals surface area contributed by atoms with E-state index in [2.05, 4.69) is 20.8 Å². The van der Waals surface area contributed by atoms with Gasteiger partial charge in [-0.2, -0.15) is 0 Å². The van der Waals surface area contributed by atoms with Gasteiger partial charge in [0.05, 0.1) is 0 Å². The van der Waals surface area contributed by atoms with Gasteiger partial charge in [0.15, 0.2) is 0 Å². The van der Waals surface area contributed by atoms with Crippen LogP contribution >= 0.6 is 0 Å². The number of hydrogen-bond acceptors (Lipinski definition) is 1. The zero-order valence-electron chi connectivity index (χ0n) is 7.91. The lowest BCUT2D eigenvalue weighted by molar-refractivity contribution is 0.449. The van der Waals surface area contributed by atoms with Crippen molar-refractivity contribution in [2.45, 2.75) is 46.5 Å². The summed E-state index contributed by atoms with van der Waals surface area (Å²) in [5, 5.41) is 0. The van der Waals surface area contributed by atoms with Crippen LogP contribution in [0.5, 0.6) is 0 Å². The van der Waals surface area contributed by atoms with E-state index in [1.807, 2.05) is 0 Å². The van der Waals surface area contributed by atoms with Crippen LogP contribution in [0.3, 0.4) is 0 Å². The van der Waals surface area contributed by atoms with Gasteiger partial charge in [-0.15, -0.1) is 0 Å². The molecule has 0 amide bonds. The largest absolute Gasteiger partial charge is 0.402 e. The van der Waals surface area contributed by atoms with E-state index in [4.69, 9.17) is 5.73 Å². The van der Waals surface area contributed by atoms with Gasteiger partial charge in [-0.05, 0) is 36.7 Å². The highest BCUT2D eigenvalue weighted by Gasteiger charge is 2.21. The molecule has 0 fully saturated rings. The number of rotatable bonds is 0. The molecular formula is C10H19N. The Bertz CT molecular complexity index is 172. The lowest BCUT2D eigenvalue weighted by Gasteiger charge is -2.28. The molecule has 0 heterocycles. The lowest BCUT2D eigenvalue weighted by Crippen LogP contribution is -2.18. The predicted molar refractivity (Wildman–Crippen MR) is 49.1 cm³/mol. The fraction of sp³-hybridized carbons (Fsp3) is 0.800. The molecule has 1 aliphatic carbocycles. The second-order valence-corrected chi connectivity index (χ2v) is 4.46. The molecule has 0 aromatic heterocycles. The van der Waals surface area contributed by atoms with Crippen molar-refractivity contribution in [3.05, 3.63) is 11.3 Å². The monoisotopic (exact) mass is 153 g/mol. The van der Waals surface area contributed by atoms with Gasteiger partial charge in [0.1, 0.15) is 0 Å². The molecule has 0 atom stereocenters. The first-order valence-electron chi connectivity index (χ1n) is 4.50. The fourth-order valence-electron chi connectivity index (χ4n) is 1.79. The third-order valence-corrected chi connectivity index (χ3v) is 2.42. The van der Waals surface area contributed by atoms with Crippen molar-refractivity contribution in [3.63, 3.8) is 0 Å². The van der Waals surface area contributed by atoms with Crippen LogP contribution < -0.4 is 5.73 Å². The summed E-state index contributed by atoms with van der Waals surface area (Å²) in [6.45, 7) is 6.75. The third kappa shape index (κ3) is 1.98. The molecule has 1 aliphatic rings. The van der Waals surface area contributed by atoms with Crippen molar-refractivity contribution >= 4 is 0 Å². The van der Waals surface area contributed by atoms with E-state index in [-0.39, 0.29) is 0 Å². The molecule has 64 valence electrons. The van der Waals surface area contributed by atoms with E-state index >= 15 is 0 Å².